The molecule has 0 aliphatic carbocycles. The molecule has 0 bridgehead atoms. The number of benzene rings is 1. The van der Waals surface area contributed by atoms with E-state index < -0.39 is 17.9 Å². The van der Waals surface area contributed by atoms with E-state index in [4.69, 9.17) is 9.84 Å². The van der Waals surface area contributed by atoms with Crippen LogP contribution in [0.1, 0.15) is 29.6 Å². The molecule has 7 heteroatoms. The van der Waals surface area contributed by atoms with Crippen molar-refractivity contribution in [2.45, 2.75) is 19.3 Å². The molecule has 2 N–H and O–H groups in total. The number of methoxy groups -OCH3 is 1. The molecule has 0 atom stereocenters. The average molecular weight is 282 g/mol. The fraction of sp³-hybridized carbons (Fsp3) is 0.308. The summed E-state index contributed by atoms with van der Waals surface area (Å²) in [6.07, 6.45) is -0.00611. The van der Waals surface area contributed by atoms with Crippen LogP contribution in [-0.2, 0) is 14.3 Å². The lowest BCUT2D eigenvalue weighted by molar-refractivity contribution is -0.137. The number of aliphatic carboxylic acids is 1. The standard InChI is InChI=1S/C13H14O7/c1-19-13(18)9-6-5-8(7-10(9)14)20-12(17)4-2-3-11(15)16/h5-7,14H,2-4H2,1H3,(H,15,16). The number of phenols is 1. The summed E-state index contributed by atoms with van der Waals surface area (Å²) in [5, 5.41) is 18.0. The van der Waals surface area contributed by atoms with Gasteiger partial charge in [0.25, 0.3) is 0 Å². The van der Waals surface area contributed by atoms with Gasteiger partial charge in [0, 0.05) is 18.9 Å². The highest BCUT2D eigenvalue weighted by Crippen LogP contribution is 2.24. The number of ether oxygens (including phenoxy) is 2. The lowest BCUT2D eigenvalue weighted by Gasteiger charge is -2.06. The van der Waals surface area contributed by atoms with Crippen LogP contribution in [-0.4, -0.2) is 35.2 Å². The number of carbonyl (C=O) groups is 3. The first-order chi connectivity index (χ1) is 9.43. The molecular weight excluding hydrogens is 268 g/mol. The zero-order valence-electron chi connectivity index (χ0n) is 10.8. The molecule has 20 heavy (non-hydrogen) atoms. The van der Waals surface area contributed by atoms with Gasteiger partial charge in [-0.1, -0.05) is 0 Å². The molecule has 0 unspecified atom stereocenters. The van der Waals surface area contributed by atoms with Gasteiger partial charge in [0.1, 0.15) is 17.1 Å². The molecule has 0 saturated heterocycles. The summed E-state index contributed by atoms with van der Waals surface area (Å²) in [7, 11) is 1.18. The number of carbonyl (C=O) groups excluding carboxylic acids is 2. The molecule has 108 valence electrons. The zero-order valence-corrected chi connectivity index (χ0v) is 10.8. The number of hydrogen-bond acceptors (Lipinski definition) is 6. The first-order valence-corrected chi connectivity index (χ1v) is 5.78. The molecule has 1 aromatic carbocycles. The number of carboxylic acid groups (broad SMARTS) is 1. The summed E-state index contributed by atoms with van der Waals surface area (Å²) in [4.78, 5) is 32.9. The Balaban J connectivity index is 2.60. The van der Waals surface area contributed by atoms with E-state index in [9.17, 15) is 19.5 Å². The van der Waals surface area contributed by atoms with E-state index in [-0.39, 0.29) is 36.3 Å². The molecule has 0 amide bonds. The van der Waals surface area contributed by atoms with Crippen molar-refractivity contribution in [3.8, 4) is 11.5 Å². The number of hydrogen-bond donors (Lipinski definition) is 2. The van der Waals surface area contributed by atoms with Crippen molar-refractivity contribution in [2.75, 3.05) is 7.11 Å². The van der Waals surface area contributed by atoms with Crippen LogP contribution >= 0.6 is 0 Å². The molecule has 0 spiro atoms. The van der Waals surface area contributed by atoms with Crippen LogP contribution in [0.4, 0.5) is 0 Å². The maximum absolute atomic E-state index is 11.4. The van der Waals surface area contributed by atoms with Crippen molar-refractivity contribution in [1.82, 2.24) is 0 Å². The summed E-state index contributed by atoms with van der Waals surface area (Å²) < 4.78 is 9.35. The van der Waals surface area contributed by atoms with Crippen LogP contribution in [0.2, 0.25) is 0 Å². The zero-order chi connectivity index (χ0) is 15.1. The fourth-order valence-corrected chi connectivity index (χ4v) is 1.42. The van der Waals surface area contributed by atoms with E-state index in [1.807, 2.05) is 0 Å². The molecule has 0 heterocycles. The van der Waals surface area contributed by atoms with Crippen molar-refractivity contribution in [3.05, 3.63) is 23.8 Å². The first kappa shape index (κ1) is 15.5. The van der Waals surface area contributed by atoms with E-state index in [0.717, 1.165) is 6.07 Å². The largest absolute Gasteiger partial charge is 0.507 e. The normalized spacial score (nSPS) is 9.85. The van der Waals surface area contributed by atoms with Gasteiger partial charge in [-0.05, 0) is 18.6 Å². The van der Waals surface area contributed by atoms with Gasteiger partial charge in [0.05, 0.1) is 7.11 Å². The van der Waals surface area contributed by atoms with Gasteiger partial charge < -0.3 is 19.7 Å². The number of rotatable bonds is 6. The second kappa shape index (κ2) is 7.13. The summed E-state index contributed by atoms with van der Waals surface area (Å²) >= 11 is 0. The third-order valence-electron chi connectivity index (χ3n) is 2.38. The maximum atomic E-state index is 11.4. The minimum Gasteiger partial charge on any atom is -0.507 e. The first-order valence-electron chi connectivity index (χ1n) is 5.78. The number of carboxylic acids is 1. The number of phenolic OH excluding ortho intramolecular Hbond substituents is 1. The lowest BCUT2D eigenvalue weighted by atomic mass is 10.2. The minimum absolute atomic E-state index is 0.0434. The third-order valence-corrected chi connectivity index (χ3v) is 2.38. The predicted molar refractivity (Wildman–Crippen MR) is 66.6 cm³/mol. The molecule has 0 aromatic heterocycles. The van der Waals surface area contributed by atoms with Crippen molar-refractivity contribution >= 4 is 17.9 Å². The Bertz CT molecular complexity index is 521. The van der Waals surface area contributed by atoms with E-state index in [2.05, 4.69) is 4.74 Å². The Morgan fingerprint density at radius 1 is 1.20 bits per heavy atom. The Hall–Kier alpha value is -2.57. The Labute approximate surface area is 114 Å². The molecule has 1 aromatic rings. The third kappa shape index (κ3) is 4.60. The average Bonchev–Trinajstić information content (AvgIpc) is 2.37. The summed E-state index contributed by atoms with van der Waals surface area (Å²) in [5.41, 5.74) is -0.0434. The Morgan fingerprint density at radius 3 is 2.45 bits per heavy atom. The van der Waals surface area contributed by atoms with Crippen molar-refractivity contribution < 1.29 is 34.1 Å². The fourth-order valence-electron chi connectivity index (χ4n) is 1.42. The highest BCUT2D eigenvalue weighted by atomic mass is 16.5. The second-order valence-corrected chi connectivity index (χ2v) is 3.89. The van der Waals surface area contributed by atoms with E-state index in [0.29, 0.717) is 0 Å². The smallest absolute Gasteiger partial charge is 0.341 e. The van der Waals surface area contributed by atoms with Crippen LogP contribution in [0.15, 0.2) is 18.2 Å². The van der Waals surface area contributed by atoms with Gasteiger partial charge in [-0.25, -0.2) is 4.79 Å². The molecule has 0 saturated carbocycles. The van der Waals surface area contributed by atoms with E-state index in [1.165, 1.54) is 19.2 Å². The molecule has 0 aliphatic heterocycles. The molecule has 7 nitrogen and oxygen atoms in total. The topological polar surface area (TPSA) is 110 Å². The number of esters is 2. The summed E-state index contributed by atoms with van der Waals surface area (Å²) in [5.74, 6) is -2.61. The van der Waals surface area contributed by atoms with Crippen LogP contribution in [0, 0.1) is 0 Å². The van der Waals surface area contributed by atoms with Crippen molar-refractivity contribution in [2.24, 2.45) is 0 Å². The van der Waals surface area contributed by atoms with Gasteiger partial charge in [0.15, 0.2) is 0 Å². The predicted octanol–water partition coefficient (Wildman–Crippen LogP) is 1.34. The highest BCUT2D eigenvalue weighted by molar-refractivity contribution is 5.92. The second-order valence-electron chi connectivity index (χ2n) is 3.89. The summed E-state index contributed by atoms with van der Waals surface area (Å²) in [6, 6.07) is 3.71. The highest BCUT2D eigenvalue weighted by Gasteiger charge is 2.13. The van der Waals surface area contributed by atoms with Gasteiger partial charge >= 0.3 is 17.9 Å². The lowest BCUT2D eigenvalue weighted by Crippen LogP contribution is -2.09. The molecule has 0 radical (unpaired) electrons. The van der Waals surface area contributed by atoms with Crippen LogP contribution < -0.4 is 4.74 Å². The minimum atomic E-state index is -0.988. The Kier molecular flexibility index (Phi) is 5.52. The molecule has 0 aliphatic rings. The van der Waals surface area contributed by atoms with Gasteiger partial charge in [-0.2, -0.15) is 0 Å². The maximum Gasteiger partial charge on any atom is 0.341 e. The van der Waals surface area contributed by atoms with Crippen molar-refractivity contribution in [1.29, 1.82) is 0 Å². The van der Waals surface area contributed by atoms with Crippen LogP contribution in [0.25, 0.3) is 0 Å². The van der Waals surface area contributed by atoms with E-state index >= 15 is 0 Å². The van der Waals surface area contributed by atoms with Crippen LogP contribution in [0.5, 0.6) is 11.5 Å². The van der Waals surface area contributed by atoms with Gasteiger partial charge in [-0.15, -0.1) is 0 Å². The van der Waals surface area contributed by atoms with Gasteiger partial charge in [0.2, 0.25) is 0 Å². The Morgan fingerprint density at radius 2 is 1.90 bits per heavy atom. The quantitative estimate of drug-likeness (QED) is 0.598. The summed E-state index contributed by atoms with van der Waals surface area (Å²) in [6.45, 7) is 0. The number of aromatic hydroxyl groups is 1. The SMILES string of the molecule is COC(=O)c1ccc(OC(=O)CCCC(=O)O)cc1O. The van der Waals surface area contributed by atoms with Gasteiger partial charge in [-0.3, -0.25) is 9.59 Å². The van der Waals surface area contributed by atoms with Crippen LogP contribution in [0.3, 0.4) is 0 Å². The molecule has 1 rings (SSSR count). The van der Waals surface area contributed by atoms with Crippen molar-refractivity contribution in [3.63, 3.8) is 0 Å². The monoisotopic (exact) mass is 282 g/mol. The molecular formula is C13H14O7. The molecule has 0 fully saturated rings. The van der Waals surface area contributed by atoms with E-state index in [1.54, 1.807) is 0 Å².